The first-order chi connectivity index (χ1) is 48.4. The van der Waals surface area contributed by atoms with Gasteiger partial charge < -0.3 is 14.0 Å². The molecule has 0 saturated heterocycles. The van der Waals surface area contributed by atoms with Gasteiger partial charge in [-0.25, -0.2) is 9.97 Å². The Morgan fingerprint density at radius 1 is 0.430 bits per heavy atom. The first-order valence-electron chi connectivity index (χ1n) is 35.3. The maximum absolute atomic E-state index is 10.3. The molecule has 93 heavy (non-hydrogen) atoms. The monoisotopic (exact) mass is 1210 g/mol. The molecule has 0 aliphatic carbocycles. The van der Waals surface area contributed by atoms with Gasteiger partial charge in [0.25, 0.3) is 6.71 Å². The molecule has 0 atom stereocenters. The van der Waals surface area contributed by atoms with Gasteiger partial charge in [-0.1, -0.05) is 146 Å². The molecule has 0 spiro atoms. The van der Waals surface area contributed by atoms with Crippen LogP contribution in [0.2, 0.25) is 0 Å². The molecule has 2 aliphatic rings. The lowest BCUT2D eigenvalue weighted by Gasteiger charge is -2.34. The Morgan fingerprint density at radius 3 is 1.44 bits per heavy atom. The SMILES string of the molecule is [2H]c1c([2H])c([2H])c2c(c1[2H])c1c([2H])c([2H])c([2H])c([2H])c1n2-c1cc2c3c(c1)Oc1ccc(-c4cc(-c5ccc(C(C)C)cc5)cc(-n5c6ccc(C#N)cc6c6cc(C(C)(C)C)ccc65)n4)cc1B3c1cc(-c3cccc(-n4c5ccc(C#N)cc5c5cc(C(C)(C)C)ccc54)n3)ccc1O2. The largest absolute Gasteiger partial charge is 0.458 e. The van der Waals surface area contributed by atoms with E-state index in [9.17, 15) is 16.0 Å². The lowest BCUT2D eigenvalue weighted by atomic mass is 9.34. The summed E-state index contributed by atoms with van der Waals surface area (Å²) in [5.74, 6) is 3.38. The standard InChI is InChI=1S/C83H62BN7O2/c1-48(2)51-22-24-52(25-23-51)55-40-68(88-80(41-55)91-72-31-21-50(47-86)37-62(72)64-43-57(83(6,7)8)29-33-74(64)91)54-27-35-76-66(39-54)84-65-38-53(67-16-13-19-79(87-67)90-71-30-20-49(46-85)36-61(71)63-42-56(82(3,4)5)28-32-73(63)90)26-34-75(65)92-77-44-58(45-78(93-76)81(77)84)89-69-17-11-9-14-59(69)60-15-10-12-18-70(60)89/h9-45,48H,1-8H3/i9D,10D,11D,12D,14D,15D,17D,18D. The van der Waals surface area contributed by atoms with Gasteiger partial charge in [0.15, 0.2) is 0 Å². The van der Waals surface area contributed by atoms with Crippen LogP contribution in [0, 0.1) is 22.7 Å². The number of ether oxygens (including phenoxy) is 2. The van der Waals surface area contributed by atoms with Crippen LogP contribution in [0.5, 0.6) is 23.0 Å². The number of pyridine rings is 2. The Labute approximate surface area is 550 Å². The van der Waals surface area contributed by atoms with Gasteiger partial charge in [-0.3, -0.25) is 9.13 Å². The van der Waals surface area contributed by atoms with Crippen molar-refractivity contribution in [2.75, 3.05) is 0 Å². The van der Waals surface area contributed by atoms with Crippen LogP contribution >= 0.6 is 0 Å². The van der Waals surface area contributed by atoms with Crippen molar-refractivity contribution in [1.29, 1.82) is 10.5 Å². The highest BCUT2D eigenvalue weighted by Crippen LogP contribution is 2.44. The molecule has 0 bridgehead atoms. The summed E-state index contributed by atoms with van der Waals surface area (Å²) in [7, 11) is 0. The summed E-state index contributed by atoms with van der Waals surface area (Å²) in [4.78, 5) is 11.1. The first kappa shape index (κ1) is 47.5. The normalized spacial score (nSPS) is 13.9. The van der Waals surface area contributed by atoms with E-state index in [0.29, 0.717) is 68.5 Å². The van der Waals surface area contributed by atoms with Gasteiger partial charge in [0.05, 0.1) is 84.4 Å². The Balaban J connectivity index is 0.886. The zero-order valence-electron chi connectivity index (χ0n) is 60.3. The second-order valence-electron chi connectivity index (χ2n) is 26.9. The quantitative estimate of drug-likeness (QED) is 0.147. The molecule has 10 heteroatoms. The Hall–Kier alpha value is -11.5. The predicted octanol–water partition coefficient (Wildman–Crippen LogP) is 19.0. The van der Waals surface area contributed by atoms with Crippen molar-refractivity contribution in [1.82, 2.24) is 23.7 Å². The summed E-state index contributed by atoms with van der Waals surface area (Å²) in [6.45, 7) is 16.9. The van der Waals surface area contributed by atoms with Gasteiger partial charge >= 0.3 is 0 Å². The first-order valence-corrected chi connectivity index (χ1v) is 31.3. The number of benzene rings is 10. The minimum atomic E-state index is -0.601. The van der Waals surface area contributed by atoms with E-state index in [4.69, 9.17) is 24.9 Å². The number of para-hydroxylation sites is 2. The van der Waals surface area contributed by atoms with Gasteiger partial charge in [0.2, 0.25) is 0 Å². The third-order valence-corrected chi connectivity index (χ3v) is 18.8. The zero-order chi connectivity index (χ0) is 70.3. The molecule has 444 valence electrons. The topological polar surface area (TPSA) is 107 Å². The molecule has 17 rings (SSSR count). The summed E-state index contributed by atoms with van der Waals surface area (Å²) in [6.07, 6.45) is 0. The van der Waals surface area contributed by atoms with Crippen LogP contribution in [0.4, 0.5) is 0 Å². The van der Waals surface area contributed by atoms with Crippen molar-refractivity contribution in [2.45, 2.75) is 72.1 Å². The Morgan fingerprint density at radius 2 is 0.914 bits per heavy atom. The number of nitriles is 2. The van der Waals surface area contributed by atoms with Crippen LogP contribution in [-0.2, 0) is 10.8 Å². The molecule has 0 N–H and O–H groups in total. The molecule has 0 amide bonds. The number of hydrogen-bond donors (Lipinski definition) is 0. The van der Waals surface area contributed by atoms with E-state index in [-0.39, 0.29) is 38.3 Å². The Bertz CT molecular complexity index is 6210. The fraction of sp³-hybridized carbons (Fsp3) is 0.133. The smallest absolute Gasteiger partial charge is 0.260 e. The van der Waals surface area contributed by atoms with Crippen LogP contribution in [0.3, 0.4) is 0 Å². The van der Waals surface area contributed by atoms with E-state index in [1.54, 1.807) is 12.1 Å². The highest BCUT2D eigenvalue weighted by atomic mass is 16.5. The summed E-state index contributed by atoms with van der Waals surface area (Å²) in [6, 6.07) is 60.0. The van der Waals surface area contributed by atoms with Crippen LogP contribution < -0.4 is 25.9 Å². The van der Waals surface area contributed by atoms with Crippen molar-refractivity contribution in [3.8, 4) is 86.1 Å². The highest BCUT2D eigenvalue weighted by Gasteiger charge is 2.41. The van der Waals surface area contributed by atoms with E-state index >= 15 is 0 Å². The van der Waals surface area contributed by atoms with E-state index < -0.39 is 55.1 Å². The maximum atomic E-state index is 10.3. The fourth-order valence-electron chi connectivity index (χ4n) is 13.9. The molecule has 0 unspecified atom stereocenters. The average Bonchev–Trinajstić information content (AvgIpc) is 1.66. The Kier molecular flexibility index (Phi) is 10.5. The lowest BCUT2D eigenvalue weighted by molar-refractivity contribution is 0.464. The molecule has 5 aromatic heterocycles. The highest BCUT2D eigenvalue weighted by molar-refractivity contribution is 6.98. The average molecular weight is 1210 g/mol. The van der Waals surface area contributed by atoms with Gasteiger partial charge in [0, 0.05) is 49.9 Å². The van der Waals surface area contributed by atoms with Crippen LogP contribution in [0.25, 0.3) is 116 Å². The second-order valence-corrected chi connectivity index (χ2v) is 26.9. The van der Waals surface area contributed by atoms with Crippen molar-refractivity contribution < 1.29 is 20.4 Å². The summed E-state index contributed by atoms with van der Waals surface area (Å²) in [5, 5.41) is 24.2. The number of hydrogen-bond acceptors (Lipinski definition) is 6. The molecule has 10 aromatic carbocycles. The minimum absolute atomic E-state index is 0.0342. The molecule has 15 aromatic rings. The van der Waals surface area contributed by atoms with Crippen molar-refractivity contribution in [2.24, 2.45) is 0 Å². The molecule has 2 aliphatic heterocycles. The van der Waals surface area contributed by atoms with E-state index in [0.717, 1.165) is 82.4 Å². The molecule has 7 heterocycles. The number of rotatable bonds is 7. The van der Waals surface area contributed by atoms with E-state index in [1.165, 1.54) is 15.7 Å². The van der Waals surface area contributed by atoms with Crippen LogP contribution in [0.15, 0.2) is 224 Å². The van der Waals surface area contributed by atoms with E-state index in [2.05, 4.69) is 162 Å². The summed E-state index contributed by atoms with van der Waals surface area (Å²) < 4.78 is 92.6. The van der Waals surface area contributed by atoms with Gasteiger partial charge in [0.1, 0.15) is 34.6 Å². The number of fused-ring (bicyclic) bond motifs is 13. The van der Waals surface area contributed by atoms with Gasteiger partial charge in [-0.15, -0.1) is 0 Å². The van der Waals surface area contributed by atoms with E-state index in [1.807, 2.05) is 78.9 Å². The molecule has 9 nitrogen and oxygen atoms in total. The lowest BCUT2D eigenvalue weighted by Crippen LogP contribution is -2.57. The third kappa shape index (κ3) is 8.88. The van der Waals surface area contributed by atoms with Crippen molar-refractivity contribution >= 4 is 88.5 Å². The molecular weight excluding hydrogens is 1140 g/mol. The minimum Gasteiger partial charge on any atom is -0.458 e. The van der Waals surface area contributed by atoms with Crippen LogP contribution in [0.1, 0.15) is 100 Å². The number of nitrogens with zero attached hydrogens (tertiary/aromatic N) is 7. The van der Waals surface area contributed by atoms with Crippen molar-refractivity contribution in [3.05, 3.63) is 252 Å². The molecule has 0 saturated carbocycles. The molecular formula is C83H62BN7O2. The second kappa shape index (κ2) is 20.5. The molecule has 0 fully saturated rings. The molecule has 0 radical (unpaired) electrons. The zero-order valence-corrected chi connectivity index (χ0v) is 52.3. The fourth-order valence-corrected chi connectivity index (χ4v) is 13.9. The predicted molar refractivity (Wildman–Crippen MR) is 380 cm³/mol. The van der Waals surface area contributed by atoms with Gasteiger partial charge in [-0.2, -0.15) is 10.5 Å². The van der Waals surface area contributed by atoms with Crippen LogP contribution in [-0.4, -0.2) is 30.4 Å². The summed E-state index contributed by atoms with van der Waals surface area (Å²) in [5.41, 5.74) is 15.3. The van der Waals surface area contributed by atoms with Gasteiger partial charge in [-0.05, 0) is 188 Å². The van der Waals surface area contributed by atoms with Crippen molar-refractivity contribution in [3.63, 3.8) is 0 Å². The maximum Gasteiger partial charge on any atom is 0.260 e. The summed E-state index contributed by atoms with van der Waals surface area (Å²) >= 11 is 0. The number of aromatic nitrogens is 5. The third-order valence-electron chi connectivity index (χ3n) is 18.8.